The summed E-state index contributed by atoms with van der Waals surface area (Å²) < 4.78 is 1.67. The SMILES string of the molecule is CN(CC(C)(C)CN)C(=O)c1cn(Cc2ccccc2)nn1. The van der Waals surface area contributed by atoms with Crippen LogP contribution >= 0.6 is 0 Å². The standard InChI is InChI=1S/C16H23N5O/c1-16(2,11-17)12-20(3)15(22)14-10-21(19-18-14)9-13-7-5-4-6-8-13/h4-8,10H,9,11-12,17H2,1-3H3. The molecule has 0 spiro atoms. The summed E-state index contributed by atoms with van der Waals surface area (Å²) in [5.74, 6) is -0.138. The summed E-state index contributed by atoms with van der Waals surface area (Å²) in [7, 11) is 1.76. The van der Waals surface area contributed by atoms with Crippen LogP contribution in [0.15, 0.2) is 36.5 Å². The third kappa shape index (κ3) is 4.14. The zero-order chi connectivity index (χ0) is 16.2. The summed E-state index contributed by atoms with van der Waals surface area (Å²) in [6, 6.07) is 9.94. The van der Waals surface area contributed by atoms with E-state index in [1.807, 2.05) is 44.2 Å². The molecular weight excluding hydrogens is 278 g/mol. The highest BCUT2D eigenvalue weighted by atomic mass is 16.2. The van der Waals surface area contributed by atoms with Gasteiger partial charge in [-0.05, 0) is 17.5 Å². The minimum Gasteiger partial charge on any atom is -0.340 e. The molecule has 1 heterocycles. The molecule has 0 fully saturated rings. The van der Waals surface area contributed by atoms with Gasteiger partial charge in [0.05, 0.1) is 12.7 Å². The van der Waals surface area contributed by atoms with Crippen LogP contribution in [0.4, 0.5) is 0 Å². The highest BCUT2D eigenvalue weighted by Gasteiger charge is 2.23. The van der Waals surface area contributed by atoms with Gasteiger partial charge in [0.15, 0.2) is 5.69 Å². The van der Waals surface area contributed by atoms with Crippen molar-refractivity contribution in [2.45, 2.75) is 20.4 Å². The predicted molar refractivity (Wildman–Crippen MR) is 85.4 cm³/mol. The zero-order valence-corrected chi connectivity index (χ0v) is 13.4. The van der Waals surface area contributed by atoms with Crippen LogP contribution in [0.25, 0.3) is 0 Å². The van der Waals surface area contributed by atoms with Gasteiger partial charge in [0.1, 0.15) is 0 Å². The molecule has 1 aromatic heterocycles. The molecule has 0 unspecified atom stereocenters. The third-order valence-electron chi connectivity index (χ3n) is 3.51. The van der Waals surface area contributed by atoms with Gasteiger partial charge < -0.3 is 10.6 Å². The quantitative estimate of drug-likeness (QED) is 0.874. The number of hydrogen-bond acceptors (Lipinski definition) is 4. The van der Waals surface area contributed by atoms with E-state index >= 15 is 0 Å². The van der Waals surface area contributed by atoms with Gasteiger partial charge in [-0.3, -0.25) is 4.79 Å². The molecule has 6 heteroatoms. The van der Waals surface area contributed by atoms with E-state index in [1.165, 1.54) is 0 Å². The average Bonchev–Trinajstić information content (AvgIpc) is 2.95. The monoisotopic (exact) mass is 301 g/mol. The minimum atomic E-state index is -0.138. The lowest BCUT2D eigenvalue weighted by Gasteiger charge is -2.28. The minimum absolute atomic E-state index is 0.121. The van der Waals surface area contributed by atoms with Crippen molar-refractivity contribution >= 4 is 5.91 Å². The Morgan fingerprint density at radius 2 is 2.00 bits per heavy atom. The first kappa shape index (κ1) is 16.2. The van der Waals surface area contributed by atoms with E-state index in [-0.39, 0.29) is 11.3 Å². The topological polar surface area (TPSA) is 77.0 Å². The van der Waals surface area contributed by atoms with Gasteiger partial charge in [-0.1, -0.05) is 49.4 Å². The van der Waals surface area contributed by atoms with Crippen LogP contribution < -0.4 is 5.73 Å². The van der Waals surface area contributed by atoms with E-state index in [0.29, 0.717) is 25.3 Å². The van der Waals surface area contributed by atoms with Crippen molar-refractivity contribution in [3.8, 4) is 0 Å². The Hall–Kier alpha value is -2.21. The van der Waals surface area contributed by atoms with Gasteiger partial charge in [-0.2, -0.15) is 0 Å². The van der Waals surface area contributed by atoms with Gasteiger partial charge >= 0.3 is 0 Å². The molecule has 2 aromatic rings. The highest BCUT2D eigenvalue weighted by Crippen LogP contribution is 2.15. The number of amides is 1. The van der Waals surface area contributed by atoms with Gasteiger partial charge in [0.25, 0.3) is 5.91 Å². The van der Waals surface area contributed by atoms with E-state index in [9.17, 15) is 4.79 Å². The first-order valence-corrected chi connectivity index (χ1v) is 7.31. The Kier molecular flexibility index (Phi) is 4.92. The molecule has 118 valence electrons. The second-order valence-corrected chi connectivity index (χ2v) is 6.32. The van der Waals surface area contributed by atoms with Crippen LogP contribution in [-0.2, 0) is 6.54 Å². The van der Waals surface area contributed by atoms with Gasteiger partial charge in [0, 0.05) is 13.6 Å². The van der Waals surface area contributed by atoms with Crippen molar-refractivity contribution in [3.63, 3.8) is 0 Å². The van der Waals surface area contributed by atoms with Crippen LogP contribution in [0.1, 0.15) is 29.9 Å². The molecule has 0 atom stereocenters. The number of benzene rings is 1. The Balaban J connectivity index is 2.03. The fourth-order valence-corrected chi connectivity index (χ4v) is 2.22. The Morgan fingerprint density at radius 1 is 1.32 bits per heavy atom. The molecule has 0 aliphatic carbocycles. The lowest BCUT2D eigenvalue weighted by molar-refractivity contribution is 0.0734. The number of carbonyl (C=O) groups excluding carboxylic acids is 1. The Morgan fingerprint density at radius 3 is 2.64 bits per heavy atom. The summed E-state index contributed by atoms with van der Waals surface area (Å²) in [5, 5.41) is 8.01. The molecule has 1 amide bonds. The molecule has 0 aliphatic rings. The van der Waals surface area contributed by atoms with Gasteiger partial charge in [-0.15, -0.1) is 5.10 Å². The highest BCUT2D eigenvalue weighted by molar-refractivity contribution is 5.91. The van der Waals surface area contributed by atoms with E-state index in [1.54, 1.807) is 22.8 Å². The number of nitrogens with zero attached hydrogens (tertiary/aromatic N) is 4. The number of aromatic nitrogens is 3. The molecule has 22 heavy (non-hydrogen) atoms. The van der Waals surface area contributed by atoms with Crippen molar-refractivity contribution in [1.82, 2.24) is 19.9 Å². The number of carbonyl (C=O) groups is 1. The van der Waals surface area contributed by atoms with Crippen LogP contribution in [0.5, 0.6) is 0 Å². The summed E-state index contributed by atoms with van der Waals surface area (Å²) >= 11 is 0. The summed E-state index contributed by atoms with van der Waals surface area (Å²) in [5.41, 5.74) is 7.06. The van der Waals surface area contributed by atoms with Crippen LogP contribution in [0, 0.1) is 5.41 Å². The predicted octanol–water partition coefficient (Wildman–Crippen LogP) is 1.38. The molecule has 6 nitrogen and oxygen atoms in total. The smallest absolute Gasteiger partial charge is 0.275 e. The average molecular weight is 301 g/mol. The molecule has 0 aliphatic heterocycles. The largest absolute Gasteiger partial charge is 0.340 e. The van der Waals surface area contributed by atoms with Crippen molar-refractivity contribution < 1.29 is 4.79 Å². The van der Waals surface area contributed by atoms with E-state index < -0.39 is 0 Å². The third-order valence-corrected chi connectivity index (χ3v) is 3.51. The van der Waals surface area contributed by atoms with Gasteiger partial charge in [-0.25, -0.2) is 4.68 Å². The molecule has 2 N–H and O–H groups in total. The summed E-state index contributed by atoms with van der Waals surface area (Å²) in [4.78, 5) is 14.0. The van der Waals surface area contributed by atoms with E-state index in [0.717, 1.165) is 5.56 Å². The van der Waals surface area contributed by atoms with Crippen molar-refractivity contribution in [3.05, 3.63) is 47.8 Å². The lowest BCUT2D eigenvalue weighted by atomic mass is 9.93. The fourth-order valence-electron chi connectivity index (χ4n) is 2.22. The first-order chi connectivity index (χ1) is 10.4. The summed E-state index contributed by atoms with van der Waals surface area (Å²) in [6.45, 7) is 5.75. The first-order valence-electron chi connectivity index (χ1n) is 7.31. The Bertz CT molecular complexity index is 620. The van der Waals surface area contributed by atoms with Crippen LogP contribution in [0.3, 0.4) is 0 Å². The number of nitrogens with two attached hydrogens (primary N) is 1. The molecule has 0 saturated heterocycles. The summed E-state index contributed by atoms with van der Waals surface area (Å²) in [6.07, 6.45) is 1.68. The van der Waals surface area contributed by atoms with Crippen LogP contribution in [0.2, 0.25) is 0 Å². The van der Waals surface area contributed by atoms with Gasteiger partial charge in [0.2, 0.25) is 0 Å². The second-order valence-electron chi connectivity index (χ2n) is 6.32. The fraction of sp³-hybridized carbons (Fsp3) is 0.438. The lowest BCUT2D eigenvalue weighted by Crippen LogP contribution is -2.39. The maximum Gasteiger partial charge on any atom is 0.275 e. The molecule has 0 bridgehead atoms. The molecular formula is C16H23N5O. The molecule has 2 rings (SSSR count). The number of rotatable bonds is 6. The van der Waals surface area contributed by atoms with Crippen molar-refractivity contribution in [1.29, 1.82) is 0 Å². The van der Waals surface area contributed by atoms with Crippen molar-refractivity contribution in [2.24, 2.45) is 11.1 Å². The Labute approximate surface area is 130 Å². The maximum absolute atomic E-state index is 12.4. The molecule has 0 saturated carbocycles. The van der Waals surface area contributed by atoms with E-state index in [2.05, 4.69) is 10.3 Å². The van der Waals surface area contributed by atoms with Crippen molar-refractivity contribution in [2.75, 3.05) is 20.1 Å². The van der Waals surface area contributed by atoms with Crippen LogP contribution in [-0.4, -0.2) is 45.9 Å². The second kappa shape index (κ2) is 6.70. The molecule has 1 aromatic carbocycles. The maximum atomic E-state index is 12.4. The normalized spacial score (nSPS) is 11.5. The molecule has 0 radical (unpaired) electrons. The van der Waals surface area contributed by atoms with E-state index in [4.69, 9.17) is 5.73 Å². The zero-order valence-electron chi connectivity index (χ0n) is 13.4. The number of hydrogen-bond donors (Lipinski definition) is 1.